The number of piperidine rings is 1. The van der Waals surface area contributed by atoms with E-state index in [0.29, 0.717) is 25.4 Å². The van der Waals surface area contributed by atoms with Gasteiger partial charge in [0, 0.05) is 19.6 Å². The molecule has 0 aromatic rings. The lowest BCUT2D eigenvalue weighted by Gasteiger charge is -2.36. The highest BCUT2D eigenvalue weighted by atomic mass is 16.4. The molecule has 0 aliphatic carbocycles. The van der Waals surface area contributed by atoms with Crippen LogP contribution in [-0.2, 0) is 4.79 Å². The molecule has 19 heavy (non-hydrogen) atoms. The molecular weight excluding hydrogens is 246 g/mol. The number of hydrogen-bond donors (Lipinski definition) is 2. The second-order valence-electron chi connectivity index (χ2n) is 5.38. The zero-order chi connectivity index (χ0) is 14.4. The molecule has 2 unspecified atom stereocenters. The number of carboxylic acid groups (broad SMARTS) is 1. The molecule has 6 heteroatoms. The predicted octanol–water partition coefficient (Wildman–Crippen LogP) is 0.833. The van der Waals surface area contributed by atoms with Gasteiger partial charge in [-0.2, -0.15) is 0 Å². The molecule has 6 nitrogen and oxygen atoms in total. The van der Waals surface area contributed by atoms with Crippen LogP contribution in [0, 0.1) is 5.92 Å². The van der Waals surface area contributed by atoms with E-state index < -0.39 is 12.0 Å². The first-order chi connectivity index (χ1) is 8.95. The molecule has 0 aromatic heterocycles. The largest absolute Gasteiger partial charge is 0.480 e. The van der Waals surface area contributed by atoms with Gasteiger partial charge in [0.05, 0.1) is 0 Å². The topological polar surface area (TPSA) is 72.9 Å². The number of carbonyl (C=O) groups excluding carboxylic acids is 1. The molecule has 0 radical (unpaired) electrons. The summed E-state index contributed by atoms with van der Waals surface area (Å²) < 4.78 is 0. The first-order valence-electron chi connectivity index (χ1n) is 6.87. The van der Waals surface area contributed by atoms with Crippen LogP contribution in [0.3, 0.4) is 0 Å². The summed E-state index contributed by atoms with van der Waals surface area (Å²) in [5, 5.41) is 12.0. The number of aliphatic carboxylic acids is 1. The Morgan fingerprint density at radius 3 is 2.63 bits per heavy atom. The summed E-state index contributed by atoms with van der Waals surface area (Å²) in [5.74, 6) is -0.493. The summed E-state index contributed by atoms with van der Waals surface area (Å²) in [7, 11) is 3.86. The van der Waals surface area contributed by atoms with Gasteiger partial charge in [-0.15, -0.1) is 0 Å². The summed E-state index contributed by atoms with van der Waals surface area (Å²) in [4.78, 5) is 26.7. The summed E-state index contributed by atoms with van der Waals surface area (Å²) in [6.07, 6.45) is 2.42. The molecule has 2 N–H and O–H groups in total. The van der Waals surface area contributed by atoms with Crippen molar-refractivity contribution >= 4 is 12.0 Å². The minimum atomic E-state index is -0.902. The molecule has 1 aliphatic heterocycles. The minimum Gasteiger partial charge on any atom is -0.480 e. The fourth-order valence-corrected chi connectivity index (χ4v) is 2.37. The lowest BCUT2D eigenvalue weighted by molar-refractivity contribution is -0.144. The van der Waals surface area contributed by atoms with Gasteiger partial charge in [0.1, 0.15) is 6.04 Å². The van der Waals surface area contributed by atoms with Gasteiger partial charge in [-0.05, 0) is 32.9 Å². The second kappa shape index (κ2) is 7.33. The maximum Gasteiger partial charge on any atom is 0.326 e. The van der Waals surface area contributed by atoms with Gasteiger partial charge in [0.2, 0.25) is 0 Å². The van der Waals surface area contributed by atoms with Gasteiger partial charge in [0.25, 0.3) is 0 Å². The van der Waals surface area contributed by atoms with Crippen LogP contribution in [0.2, 0.25) is 0 Å². The number of hydrogen-bond acceptors (Lipinski definition) is 3. The second-order valence-corrected chi connectivity index (χ2v) is 5.38. The van der Waals surface area contributed by atoms with E-state index in [0.717, 1.165) is 19.4 Å². The number of urea groups is 1. The molecule has 2 atom stereocenters. The van der Waals surface area contributed by atoms with Crippen molar-refractivity contribution in [3.05, 3.63) is 0 Å². The first kappa shape index (κ1) is 15.8. The third kappa shape index (κ3) is 4.70. The standard InChI is InChI=1S/C13H25N3O3/c1-4-10-5-7-16(11(9-10)12(17)18)13(19)14-6-8-15(2)3/h10-11H,4-9H2,1-3H3,(H,14,19)(H,17,18). The Bertz CT molecular complexity index is 320. The Kier molecular flexibility index (Phi) is 6.08. The van der Waals surface area contributed by atoms with E-state index in [4.69, 9.17) is 0 Å². The highest BCUT2D eigenvalue weighted by Crippen LogP contribution is 2.25. The summed E-state index contributed by atoms with van der Waals surface area (Å²) in [5.41, 5.74) is 0. The molecule has 0 bridgehead atoms. The van der Waals surface area contributed by atoms with E-state index in [9.17, 15) is 14.7 Å². The first-order valence-corrected chi connectivity index (χ1v) is 6.87. The van der Waals surface area contributed by atoms with Crippen molar-refractivity contribution in [1.82, 2.24) is 15.1 Å². The molecule has 0 aromatic carbocycles. The minimum absolute atomic E-state index is 0.260. The van der Waals surface area contributed by atoms with Gasteiger partial charge < -0.3 is 20.2 Å². The van der Waals surface area contributed by atoms with Crippen LogP contribution in [0.25, 0.3) is 0 Å². The molecule has 0 saturated carbocycles. The number of carbonyl (C=O) groups is 2. The summed E-state index contributed by atoms with van der Waals surface area (Å²) >= 11 is 0. The highest BCUT2D eigenvalue weighted by molar-refractivity contribution is 5.82. The molecular formula is C13H25N3O3. The molecule has 0 spiro atoms. The maximum absolute atomic E-state index is 12.0. The Balaban J connectivity index is 2.54. The molecule has 1 saturated heterocycles. The van der Waals surface area contributed by atoms with Crippen molar-refractivity contribution < 1.29 is 14.7 Å². The number of amides is 2. The number of nitrogens with one attached hydrogen (secondary N) is 1. The van der Waals surface area contributed by atoms with Gasteiger partial charge in [-0.3, -0.25) is 0 Å². The van der Waals surface area contributed by atoms with Crippen molar-refractivity contribution in [3.8, 4) is 0 Å². The Morgan fingerprint density at radius 1 is 1.42 bits per heavy atom. The van der Waals surface area contributed by atoms with Crippen LogP contribution >= 0.6 is 0 Å². The quantitative estimate of drug-likeness (QED) is 0.777. The number of likely N-dealkylation sites (tertiary alicyclic amines) is 1. The average Bonchev–Trinajstić information content (AvgIpc) is 2.37. The highest BCUT2D eigenvalue weighted by Gasteiger charge is 2.35. The summed E-state index contributed by atoms with van der Waals surface area (Å²) in [6.45, 7) is 3.88. The summed E-state index contributed by atoms with van der Waals surface area (Å²) in [6, 6.07) is -0.943. The zero-order valence-corrected chi connectivity index (χ0v) is 12.1. The smallest absolute Gasteiger partial charge is 0.326 e. The number of nitrogens with zero attached hydrogens (tertiary/aromatic N) is 2. The Hall–Kier alpha value is -1.30. The van der Waals surface area contributed by atoms with Crippen molar-refractivity contribution in [2.45, 2.75) is 32.2 Å². The monoisotopic (exact) mass is 271 g/mol. The van der Waals surface area contributed by atoms with Crippen molar-refractivity contribution in [3.63, 3.8) is 0 Å². The van der Waals surface area contributed by atoms with E-state index in [1.54, 1.807) is 0 Å². The Morgan fingerprint density at radius 2 is 2.11 bits per heavy atom. The molecule has 110 valence electrons. The SMILES string of the molecule is CCC1CCN(C(=O)NCCN(C)C)C(C(=O)O)C1. The van der Waals surface area contributed by atoms with Crippen LogP contribution in [0.1, 0.15) is 26.2 Å². The predicted molar refractivity (Wildman–Crippen MR) is 73.1 cm³/mol. The van der Waals surface area contributed by atoms with E-state index >= 15 is 0 Å². The van der Waals surface area contributed by atoms with E-state index in [-0.39, 0.29) is 6.03 Å². The number of carboxylic acids is 1. The van der Waals surface area contributed by atoms with Gasteiger partial charge in [-0.25, -0.2) is 9.59 Å². The fraction of sp³-hybridized carbons (Fsp3) is 0.846. The van der Waals surface area contributed by atoms with E-state index in [1.165, 1.54) is 4.90 Å². The average molecular weight is 271 g/mol. The van der Waals surface area contributed by atoms with Gasteiger partial charge >= 0.3 is 12.0 Å². The van der Waals surface area contributed by atoms with Gasteiger partial charge in [-0.1, -0.05) is 13.3 Å². The third-order valence-corrected chi connectivity index (χ3v) is 3.67. The lowest BCUT2D eigenvalue weighted by Crippen LogP contribution is -2.54. The lowest BCUT2D eigenvalue weighted by atomic mass is 9.89. The molecule has 1 heterocycles. The van der Waals surface area contributed by atoms with Crippen LogP contribution in [0.5, 0.6) is 0 Å². The van der Waals surface area contributed by atoms with Gasteiger partial charge in [0.15, 0.2) is 0 Å². The maximum atomic E-state index is 12.0. The molecule has 1 fully saturated rings. The fourth-order valence-electron chi connectivity index (χ4n) is 2.37. The normalized spacial score (nSPS) is 23.5. The number of likely N-dealkylation sites (N-methyl/N-ethyl adjacent to an activating group) is 1. The molecule has 1 rings (SSSR count). The van der Waals surface area contributed by atoms with Crippen molar-refractivity contribution in [1.29, 1.82) is 0 Å². The molecule has 2 amide bonds. The Labute approximate surface area is 114 Å². The van der Waals surface area contributed by atoms with Crippen LogP contribution in [0.4, 0.5) is 4.79 Å². The molecule has 1 aliphatic rings. The van der Waals surface area contributed by atoms with E-state index in [2.05, 4.69) is 12.2 Å². The number of rotatable bonds is 5. The zero-order valence-electron chi connectivity index (χ0n) is 12.1. The van der Waals surface area contributed by atoms with Crippen molar-refractivity contribution in [2.75, 3.05) is 33.7 Å². The third-order valence-electron chi connectivity index (χ3n) is 3.67. The van der Waals surface area contributed by atoms with Crippen molar-refractivity contribution in [2.24, 2.45) is 5.92 Å². The van der Waals surface area contributed by atoms with Crippen LogP contribution < -0.4 is 5.32 Å². The van der Waals surface area contributed by atoms with Crippen LogP contribution in [-0.4, -0.2) is 66.7 Å². The van der Waals surface area contributed by atoms with E-state index in [1.807, 2.05) is 19.0 Å². The van der Waals surface area contributed by atoms with Crippen LogP contribution in [0.15, 0.2) is 0 Å².